The van der Waals surface area contributed by atoms with Crippen molar-refractivity contribution in [1.29, 1.82) is 10.5 Å². The van der Waals surface area contributed by atoms with Crippen molar-refractivity contribution in [3.05, 3.63) is 134 Å². The molecule has 304 valence electrons. The predicted molar refractivity (Wildman–Crippen MR) is 216 cm³/mol. The Kier molecular flexibility index (Phi) is 13.4. The fourth-order valence-corrected chi connectivity index (χ4v) is 6.62. The number of hydrogen-bond acceptors (Lipinski definition) is 12. The number of anilines is 1. The van der Waals surface area contributed by atoms with Gasteiger partial charge in [-0.25, -0.2) is 4.79 Å². The molecule has 2 aliphatic rings. The molecule has 16 heteroatoms. The van der Waals surface area contributed by atoms with Crippen LogP contribution in [-0.4, -0.2) is 56.4 Å². The highest BCUT2D eigenvalue weighted by molar-refractivity contribution is 6.42. The number of hydrogen-bond donors (Lipinski definition) is 2. The van der Waals surface area contributed by atoms with Gasteiger partial charge in [0.15, 0.2) is 0 Å². The first-order valence-electron chi connectivity index (χ1n) is 18.1. The lowest BCUT2D eigenvalue weighted by Crippen LogP contribution is -2.22. The topological polar surface area (TPSA) is 203 Å². The molecule has 2 aliphatic heterocycles. The lowest BCUT2D eigenvalue weighted by molar-refractivity contribution is -0.144. The number of carbonyl (C=O) groups excluding carboxylic acids is 3. The summed E-state index contributed by atoms with van der Waals surface area (Å²) in [5.41, 5.74) is 2.72. The van der Waals surface area contributed by atoms with Gasteiger partial charge >= 0.3 is 17.9 Å². The molecule has 0 saturated heterocycles. The summed E-state index contributed by atoms with van der Waals surface area (Å²) >= 11 is 11.9. The summed E-state index contributed by atoms with van der Waals surface area (Å²) in [5.74, 6) is -0.842. The van der Waals surface area contributed by atoms with Crippen molar-refractivity contribution in [2.45, 2.75) is 24.7 Å². The molecule has 0 fully saturated rings. The molecular weight excluding hydrogens is 817 g/mol. The molecule has 7 rings (SSSR count). The molecule has 5 aromatic rings. The second-order valence-corrected chi connectivity index (χ2v) is 13.9. The van der Waals surface area contributed by atoms with Crippen LogP contribution in [0.15, 0.2) is 91.0 Å². The van der Waals surface area contributed by atoms with Gasteiger partial charge in [-0.15, -0.1) is 0 Å². The molecule has 0 bridgehead atoms. The fourth-order valence-electron chi connectivity index (χ4n) is 6.32. The van der Waals surface area contributed by atoms with Crippen LogP contribution in [0.25, 0.3) is 0 Å². The van der Waals surface area contributed by atoms with Crippen molar-refractivity contribution in [2.75, 3.05) is 32.8 Å². The Labute approximate surface area is 353 Å². The van der Waals surface area contributed by atoms with E-state index in [9.17, 15) is 29.7 Å². The number of esters is 2. The van der Waals surface area contributed by atoms with Gasteiger partial charge in [-0.3, -0.25) is 14.4 Å². The van der Waals surface area contributed by atoms with Crippen molar-refractivity contribution >= 4 is 52.7 Å². The van der Waals surface area contributed by atoms with E-state index in [-0.39, 0.29) is 46.0 Å². The van der Waals surface area contributed by atoms with Crippen molar-refractivity contribution in [3.8, 4) is 46.6 Å². The first-order chi connectivity index (χ1) is 28.9. The minimum absolute atomic E-state index is 0.132. The van der Waals surface area contributed by atoms with E-state index in [1.165, 1.54) is 38.5 Å². The van der Waals surface area contributed by atoms with E-state index < -0.39 is 17.8 Å². The van der Waals surface area contributed by atoms with Gasteiger partial charge in [0, 0.05) is 34.5 Å². The third kappa shape index (κ3) is 9.70. The van der Waals surface area contributed by atoms with Crippen molar-refractivity contribution in [1.82, 2.24) is 0 Å². The highest BCUT2D eigenvalue weighted by Crippen LogP contribution is 2.42. The largest absolute Gasteiger partial charge is 0.493 e. The second kappa shape index (κ2) is 19.0. The van der Waals surface area contributed by atoms with Gasteiger partial charge in [0.25, 0.3) is 5.91 Å². The molecule has 2 N–H and O–H groups in total. The molecule has 2 atom stereocenters. The number of methoxy groups -OCH3 is 2. The maximum Gasteiger partial charge on any atom is 0.335 e. The summed E-state index contributed by atoms with van der Waals surface area (Å²) in [5, 5.41) is 31.5. The van der Waals surface area contributed by atoms with Crippen LogP contribution >= 0.6 is 23.2 Å². The Hall–Kier alpha value is -7.26. The van der Waals surface area contributed by atoms with E-state index in [1.54, 1.807) is 66.7 Å². The molecule has 0 spiro atoms. The number of carbonyl (C=O) groups is 4. The molecule has 1 amide bonds. The highest BCUT2D eigenvalue weighted by atomic mass is 35.5. The van der Waals surface area contributed by atoms with E-state index in [2.05, 4.69) is 11.4 Å². The van der Waals surface area contributed by atoms with Gasteiger partial charge in [0.1, 0.15) is 46.6 Å². The average molecular weight is 851 g/mol. The summed E-state index contributed by atoms with van der Waals surface area (Å²) in [6.07, 6.45) is 0.942. The molecule has 0 aromatic heterocycles. The van der Waals surface area contributed by atoms with Crippen LogP contribution in [0.4, 0.5) is 5.69 Å². The predicted octanol–water partition coefficient (Wildman–Crippen LogP) is 9.04. The number of amides is 1. The van der Waals surface area contributed by atoms with Gasteiger partial charge in [0.05, 0.1) is 66.0 Å². The second-order valence-electron chi connectivity index (χ2n) is 13.1. The van der Waals surface area contributed by atoms with E-state index in [0.29, 0.717) is 81.5 Å². The molecule has 14 nitrogen and oxygen atoms in total. The quantitative estimate of drug-likeness (QED) is 0.133. The third-order valence-corrected chi connectivity index (χ3v) is 10.1. The zero-order valence-corrected chi connectivity index (χ0v) is 33.3. The number of halogens is 2. The summed E-state index contributed by atoms with van der Waals surface area (Å²) < 4.78 is 32.6. The third-order valence-electron chi connectivity index (χ3n) is 9.37. The van der Waals surface area contributed by atoms with Crippen LogP contribution < -0.4 is 24.3 Å². The van der Waals surface area contributed by atoms with Crippen LogP contribution in [-0.2, 0) is 19.1 Å². The lowest BCUT2D eigenvalue weighted by Gasteiger charge is -2.25. The number of carboxylic acid groups (broad SMARTS) is 1. The van der Waals surface area contributed by atoms with Gasteiger partial charge < -0.3 is 38.8 Å². The summed E-state index contributed by atoms with van der Waals surface area (Å²) in [7, 11) is 2.65. The van der Waals surface area contributed by atoms with Crippen molar-refractivity contribution in [2.24, 2.45) is 0 Å². The number of nitrogens with zero attached hydrogens (tertiary/aromatic N) is 2. The molecule has 0 radical (unpaired) electrons. The Morgan fingerprint density at radius 2 is 1.13 bits per heavy atom. The first kappa shape index (κ1) is 42.3. The van der Waals surface area contributed by atoms with E-state index >= 15 is 0 Å². The highest BCUT2D eigenvalue weighted by Gasteiger charge is 2.31. The maximum absolute atomic E-state index is 12.5. The summed E-state index contributed by atoms with van der Waals surface area (Å²) in [6, 6.07) is 27.5. The number of carboxylic acids is 1. The maximum atomic E-state index is 12.5. The average Bonchev–Trinajstić information content (AvgIpc) is 3.26. The van der Waals surface area contributed by atoms with E-state index in [0.717, 1.165) is 0 Å². The van der Waals surface area contributed by atoms with E-state index in [1.807, 2.05) is 6.07 Å². The Morgan fingerprint density at radius 1 is 0.667 bits per heavy atom. The SMILES string of the molecule is COC(=O)C1CCOc2cc(Oc3ccc(C(=O)Nc4ccc(Cl)c(Cl)c4)cc3)c(C#N)cc21.COC(=O)C1CCOc2cc(Oc3ccc(C(=O)O)cc3)c(C#N)cc21. The molecule has 2 unspecified atom stereocenters. The molecule has 2 heterocycles. The molecule has 60 heavy (non-hydrogen) atoms. The minimum Gasteiger partial charge on any atom is -0.493 e. The van der Waals surface area contributed by atoms with Gasteiger partial charge in [-0.2, -0.15) is 10.5 Å². The normalized spacial score (nSPS) is 14.6. The van der Waals surface area contributed by atoms with Crippen LogP contribution in [0.3, 0.4) is 0 Å². The Bertz CT molecular complexity index is 2550. The van der Waals surface area contributed by atoms with Crippen LogP contribution in [0.2, 0.25) is 10.0 Å². The number of nitriles is 2. The molecule has 5 aromatic carbocycles. The van der Waals surface area contributed by atoms with Gasteiger partial charge in [-0.1, -0.05) is 23.2 Å². The zero-order chi connectivity index (χ0) is 42.9. The first-order valence-corrected chi connectivity index (χ1v) is 18.8. The number of rotatable bonds is 9. The molecular formula is C44H33Cl2N3O11. The molecule has 0 aliphatic carbocycles. The molecule has 0 saturated carbocycles. The van der Waals surface area contributed by atoms with Crippen LogP contribution in [0.1, 0.15) is 67.6 Å². The lowest BCUT2D eigenvalue weighted by atomic mass is 9.91. The van der Waals surface area contributed by atoms with Crippen LogP contribution in [0.5, 0.6) is 34.5 Å². The number of ether oxygens (including phenoxy) is 6. The minimum atomic E-state index is -1.04. The smallest absolute Gasteiger partial charge is 0.335 e. The number of benzene rings is 5. The standard InChI is InChI=1S/C25H18Cl2N2O5.C19H15NO6/c1-32-25(31)18-8-9-33-23-12-22(15(13-28)10-19(18)23)34-17-5-2-14(3-6-17)24(30)29-16-4-7-20(26)21(27)11-16;1-24-19(23)14-6-7-25-17-9-16(12(10-20)8-15(14)17)26-13-4-2-11(3-5-13)18(21)22/h2-7,10-12,18H,8-9H2,1H3,(H,29,30);2-5,8-9,14H,6-7H2,1H3,(H,21,22). The fraction of sp³-hybridized carbons (Fsp3) is 0.182. The summed E-state index contributed by atoms with van der Waals surface area (Å²) in [4.78, 5) is 47.5. The van der Waals surface area contributed by atoms with Gasteiger partial charge in [0.2, 0.25) is 0 Å². The van der Waals surface area contributed by atoms with Crippen molar-refractivity contribution < 1.29 is 52.7 Å². The van der Waals surface area contributed by atoms with E-state index in [4.69, 9.17) is 56.7 Å². The van der Waals surface area contributed by atoms with Crippen LogP contribution in [0, 0.1) is 22.7 Å². The number of aromatic carboxylic acids is 1. The van der Waals surface area contributed by atoms with Gasteiger partial charge in [-0.05, 0) is 91.7 Å². The number of fused-ring (bicyclic) bond motifs is 2. The zero-order valence-electron chi connectivity index (χ0n) is 31.8. The monoisotopic (exact) mass is 849 g/mol. The number of nitrogens with one attached hydrogen (secondary N) is 1. The summed E-state index contributed by atoms with van der Waals surface area (Å²) in [6.45, 7) is 0.701. The van der Waals surface area contributed by atoms with Crippen molar-refractivity contribution in [3.63, 3.8) is 0 Å². The Morgan fingerprint density at radius 3 is 1.55 bits per heavy atom. The Balaban J connectivity index is 0.000000209.